The van der Waals surface area contributed by atoms with Crippen molar-refractivity contribution in [2.75, 3.05) is 13.2 Å². The lowest BCUT2D eigenvalue weighted by Crippen LogP contribution is -2.44. The normalized spacial score (nSPS) is 34.7. The average molecular weight is 735 g/mol. The molecule has 4 aliphatic carbocycles. The quantitative estimate of drug-likeness (QED) is 0.151. The highest BCUT2D eigenvalue weighted by Gasteiger charge is 2.37. The van der Waals surface area contributed by atoms with E-state index in [1.54, 1.807) is 18.5 Å². The maximum atomic E-state index is 11.6. The first-order valence-electron chi connectivity index (χ1n) is 21.0. The van der Waals surface area contributed by atoms with Crippen molar-refractivity contribution in [2.45, 2.75) is 176 Å². The summed E-state index contributed by atoms with van der Waals surface area (Å²) in [6.45, 7) is 16.7. The second-order valence-corrected chi connectivity index (χ2v) is 16.7. The van der Waals surface area contributed by atoms with Gasteiger partial charge in [-0.25, -0.2) is 24.5 Å². The lowest BCUT2D eigenvalue weighted by molar-refractivity contribution is -0.358. The average Bonchev–Trinajstić information content (AvgIpc) is 3.18. The van der Waals surface area contributed by atoms with Gasteiger partial charge in [-0.2, -0.15) is 0 Å². The number of ether oxygens (including phenoxy) is 3. The SMILES string of the molecule is CC.CC1CCC(C(OO)C2CCC(C)CC2)CC1.CC1CCC(C(OO)C2OCC(C)CO2)CC1.CC1CCC(OC(=O)c2ncccn2)CC1. The molecule has 1 atom stereocenters. The fourth-order valence-corrected chi connectivity index (χ4v) is 8.52. The first-order valence-corrected chi connectivity index (χ1v) is 21.0. The van der Waals surface area contributed by atoms with Crippen LogP contribution < -0.4 is 0 Å². The fourth-order valence-electron chi connectivity index (χ4n) is 8.52. The molecule has 2 N–H and O–H groups in total. The molecule has 52 heavy (non-hydrogen) atoms. The van der Waals surface area contributed by atoms with Gasteiger partial charge in [-0.3, -0.25) is 10.5 Å². The molecule has 5 aliphatic rings. The van der Waals surface area contributed by atoms with Crippen LogP contribution in [0.4, 0.5) is 0 Å². The third-order valence-electron chi connectivity index (χ3n) is 12.2. The van der Waals surface area contributed by atoms with E-state index in [-0.39, 0.29) is 24.1 Å². The molecule has 1 saturated heterocycles. The summed E-state index contributed by atoms with van der Waals surface area (Å²) in [6.07, 6.45) is 21.6. The first-order chi connectivity index (χ1) is 25.2. The number of nitrogens with zero attached hydrogens (tertiary/aromatic N) is 2. The summed E-state index contributed by atoms with van der Waals surface area (Å²) < 4.78 is 16.6. The van der Waals surface area contributed by atoms with Gasteiger partial charge in [0.05, 0.1) is 19.3 Å². The third kappa shape index (κ3) is 15.2. The van der Waals surface area contributed by atoms with E-state index in [0.29, 0.717) is 36.9 Å². The van der Waals surface area contributed by atoms with E-state index in [2.05, 4.69) is 49.5 Å². The predicted octanol–water partition coefficient (Wildman–Crippen LogP) is 10.4. The largest absolute Gasteiger partial charge is 0.456 e. The van der Waals surface area contributed by atoms with Crippen molar-refractivity contribution in [3.05, 3.63) is 24.3 Å². The van der Waals surface area contributed by atoms with Crippen LogP contribution in [-0.4, -0.2) is 64.3 Å². The summed E-state index contributed by atoms with van der Waals surface area (Å²) >= 11 is 0. The maximum absolute atomic E-state index is 11.6. The number of carbonyl (C=O) groups excluding carboxylic acids is 1. The van der Waals surface area contributed by atoms with Crippen LogP contribution in [0.1, 0.15) is 162 Å². The Kier molecular flexibility index (Phi) is 21.2. The summed E-state index contributed by atoms with van der Waals surface area (Å²) in [5, 5.41) is 18.4. The Morgan fingerprint density at radius 3 is 1.35 bits per heavy atom. The minimum Gasteiger partial charge on any atom is -0.456 e. The summed E-state index contributed by atoms with van der Waals surface area (Å²) in [7, 11) is 0. The van der Waals surface area contributed by atoms with Crippen molar-refractivity contribution in [2.24, 2.45) is 47.3 Å². The Morgan fingerprint density at radius 1 is 0.596 bits per heavy atom. The van der Waals surface area contributed by atoms with Crippen molar-refractivity contribution in [1.82, 2.24) is 9.97 Å². The summed E-state index contributed by atoms with van der Waals surface area (Å²) in [4.78, 5) is 28.9. The molecule has 5 fully saturated rings. The van der Waals surface area contributed by atoms with Crippen molar-refractivity contribution >= 4 is 5.97 Å². The minimum atomic E-state index is -0.403. The zero-order valence-electron chi connectivity index (χ0n) is 33.6. The summed E-state index contributed by atoms with van der Waals surface area (Å²) in [5.41, 5.74) is 0. The molecule has 300 valence electrons. The molecule has 6 rings (SSSR count). The highest BCUT2D eigenvalue weighted by atomic mass is 17.1. The molecule has 1 aliphatic heterocycles. The van der Waals surface area contributed by atoms with Gasteiger partial charge in [0.25, 0.3) is 0 Å². The summed E-state index contributed by atoms with van der Waals surface area (Å²) in [6, 6.07) is 1.68. The van der Waals surface area contributed by atoms with Crippen LogP contribution in [0, 0.1) is 47.3 Å². The molecule has 1 unspecified atom stereocenters. The molecular weight excluding hydrogens is 660 g/mol. The molecular formula is C42H74N2O8. The van der Waals surface area contributed by atoms with Gasteiger partial charge in [0, 0.05) is 18.3 Å². The number of carbonyl (C=O) groups is 1. The Bertz CT molecular complexity index is 949. The molecule has 2 heterocycles. The predicted molar refractivity (Wildman–Crippen MR) is 203 cm³/mol. The first kappa shape index (κ1) is 44.7. The van der Waals surface area contributed by atoms with Crippen LogP contribution in [-0.2, 0) is 24.0 Å². The Morgan fingerprint density at radius 2 is 0.962 bits per heavy atom. The van der Waals surface area contributed by atoms with E-state index in [4.69, 9.17) is 24.4 Å². The molecule has 4 saturated carbocycles. The van der Waals surface area contributed by atoms with Crippen LogP contribution in [0.15, 0.2) is 18.5 Å². The van der Waals surface area contributed by atoms with Crippen molar-refractivity contribution in [3.63, 3.8) is 0 Å². The van der Waals surface area contributed by atoms with E-state index < -0.39 is 12.3 Å². The smallest absolute Gasteiger partial charge is 0.376 e. The fraction of sp³-hybridized carbons (Fsp3) is 0.881. The van der Waals surface area contributed by atoms with E-state index >= 15 is 0 Å². The van der Waals surface area contributed by atoms with Crippen LogP contribution in [0.3, 0.4) is 0 Å². The zero-order chi connectivity index (χ0) is 37.9. The van der Waals surface area contributed by atoms with Crippen LogP contribution >= 0.6 is 0 Å². The highest BCUT2D eigenvalue weighted by molar-refractivity contribution is 5.85. The minimum absolute atomic E-state index is 0.0486. The maximum Gasteiger partial charge on any atom is 0.376 e. The van der Waals surface area contributed by atoms with Crippen molar-refractivity contribution < 1.29 is 39.3 Å². The molecule has 10 nitrogen and oxygen atoms in total. The van der Waals surface area contributed by atoms with Gasteiger partial charge in [-0.1, -0.05) is 87.0 Å². The Hall–Kier alpha value is -1.69. The van der Waals surface area contributed by atoms with Gasteiger partial charge in [-0.05, 0) is 112 Å². The molecule has 0 bridgehead atoms. The lowest BCUT2D eigenvalue weighted by atomic mass is 9.72. The van der Waals surface area contributed by atoms with Crippen LogP contribution in [0.5, 0.6) is 0 Å². The monoisotopic (exact) mass is 735 g/mol. The molecule has 0 amide bonds. The Balaban J connectivity index is 0.000000205. The van der Waals surface area contributed by atoms with Crippen molar-refractivity contribution in [1.29, 1.82) is 0 Å². The van der Waals surface area contributed by atoms with Gasteiger partial charge in [-0.15, -0.1) is 0 Å². The molecule has 1 aromatic rings. The second-order valence-electron chi connectivity index (χ2n) is 16.7. The molecule has 10 heteroatoms. The van der Waals surface area contributed by atoms with Crippen LogP contribution in [0.25, 0.3) is 0 Å². The molecule has 0 aromatic carbocycles. The second kappa shape index (κ2) is 24.7. The van der Waals surface area contributed by atoms with Gasteiger partial charge in [0.15, 0.2) is 6.29 Å². The van der Waals surface area contributed by atoms with Crippen molar-refractivity contribution in [3.8, 4) is 0 Å². The van der Waals surface area contributed by atoms with E-state index in [9.17, 15) is 10.1 Å². The van der Waals surface area contributed by atoms with E-state index in [0.717, 1.165) is 62.2 Å². The van der Waals surface area contributed by atoms with Gasteiger partial charge < -0.3 is 14.2 Å². The number of rotatable bonds is 8. The molecule has 0 radical (unpaired) electrons. The van der Waals surface area contributed by atoms with Gasteiger partial charge in [0.2, 0.25) is 5.82 Å². The number of hydrogen-bond acceptors (Lipinski definition) is 10. The number of hydrogen-bond donors (Lipinski definition) is 2. The summed E-state index contributed by atoms with van der Waals surface area (Å²) in [5.74, 6) is 5.03. The number of esters is 1. The van der Waals surface area contributed by atoms with E-state index in [1.165, 1.54) is 64.2 Å². The number of aromatic nitrogens is 2. The zero-order valence-corrected chi connectivity index (χ0v) is 33.6. The molecule has 0 spiro atoms. The topological polar surface area (TPSA) is 129 Å². The lowest BCUT2D eigenvalue weighted by Gasteiger charge is -2.37. The molecule has 1 aromatic heterocycles. The van der Waals surface area contributed by atoms with Gasteiger partial charge >= 0.3 is 5.97 Å². The standard InChI is InChI=1S/C15H28O2.C13H24O4.C12H16N2O2.C2H6/c1-11-3-7-13(8-4-11)15(17-16)14-9-5-12(2)6-10-14;1-9-3-5-11(6-4-9)12(17-14)13-15-7-10(2)8-16-13;1-9-3-5-10(6-4-9)16-12(15)11-13-7-2-8-14-11;1-2/h11-16H,3-10H2,1-2H3;9-14H,3-8H2,1-2H3;2,7-10H,3-6H2,1H3;1-2H3. The Labute approximate surface area is 315 Å². The third-order valence-corrected chi connectivity index (χ3v) is 12.2. The van der Waals surface area contributed by atoms with E-state index in [1.807, 2.05) is 13.8 Å². The van der Waals surface area contributed by atoms with Crippen LogP contribution in [0.2, 0.25) is 0 Å². The van der Waals surface area contributed by atoms with Gasteiger partial charge in [0.1, 0.15) is 12.2 Å². The highest BCUT2D eigenvalue weighted by Crippen LogP contribution is 2.40.